The molecule has 0 saturated carbocycles. The fourth-order valence-electron chi connectivity index (χ4n) is 3.11. The first-order chi connectivity index (χ1) is 14.4. The minimum absolute atomic E-state index is 0.0665. The van der Waals surface area contributed by atoms with Gasteiger partial charge >= 0.3 is 0 Å². The fourth-order valence-corrected chi connectivity index (χ4v) is 3.11. The van der Waals surface area contributed by atoms with Gasteiger partial charge in [-0.05, 0) is 43.2 Å². The minimum Gasteiger partial charge on any atom is -0.382 e. The number of hydrogen-bond acceptors (Lipinski definition) is 5. The minimum atomic E-state index is -0.598. The smallest absolute Gasteiger partial charge is 0.267 e. The number of amides is 2. The van der Waals surface area contributed by atoms with Gasteiger partial charge in [0.05, 0.1) is 11.4 Å². The van der Waals surface area contributed by atoms with Crippen LogP contribution in [0.15, 0.2) is 41.5 Å². The molecule has 3 rings (SSSR count). The molecule has 0 fully saturated rings. The number of halogens is 1. The maximum atomic E-state index is 13.6. The highest BCUT2D eigenvalue weighted by Gasteiger charge is 2.26. The lowest BCUT2D eigenvalue weighted by atomic mass is 10.1. The van der Waals surface area contributed by atoms with Gasteiger partial charge in [-0.25, -0.2) is 9.40 Å². The van der Waals surface area contributed by atoms with Crippen LogP contribution >= 0.6 is 0 Å². The average molecular weight is 407 g/mol. The molecule has 1 aliphatic heterocycles. The summed E-state index contributed by atoms with van der Waals surface area (Å²) in [4.78, 5) is 24.9. The zero-order valence-corrected chi connectivity index (χ0v) is 16.8. The van der Waals surface area contributed by atoms with Crippen LogP contribution in [0.5, 0.6) is 0 Å². The van der Waals surface area contributed by atoms with Crippen LogP contribution in [0.25, 0.3) is 0 Å². The van der Waals surface area contributed by atoms with Gasteiger partial charge in [-0.3, -0.25) is 9.59 Å². The molecule has 2 aromatic carbocycles. The molecule has 1 aliphatic rings. The van der Waals surface area contributed by atoms with Gasteiger partial charge in [-0.2, -0.15) is 10.4 Å². The van der Waals surface area contributed by atoms with Gasteiger partial charge in [-0.1, -0.05) is 18.2 Å². The van der Waals surface area contributed by atoms with Crippen LogP contribution < -0.4 is 15.6 Å². The number of nitrogens with one attached hydrogen (secondary N) is 2. The van der Waals surface area contributed by atoms with E-state index >= 15 is 0 Å². The topological polar surface area (TPSA) is 97.6 Å². The van der Waals surface area contributed by atoms with E-state index in [1.54, 1.807) is 6.07 Å². The van der Waals surface area contributed by atoms with Crippen molar-refractivity contribution in [2.24, 2.45) is 5.10 Å². The summed E-state index contributed by atoms with van der Waals surface area (Å²) < 4.78 is 13.6. The van der Waals surface area contributed by atoms with Crippen molar-refractivity contribution < 1.29 is 14.0 Å². The van der Waals surface area contributed by atoms with E-state index in [1.165, 1.54) is 17.1 Å². The second-order valence-electron chi connectivity index (χ2n) is 7.00. The molecular formula is C22H22FN5O2. The maximum Gasteiger partial charge on any atom is 0.267 e. The first-order valence-corrected chi connectivity index (χ1v) is 9.59. The molecule has 8 heteroatoms. The van der Waals surface area contributed by atoms with Crippen LogP contribution in [0.2, 0.25) is 0 Å². The quantitative estimate of drug-likeness (QED) is 0.719. The largest absolute Gasteiger partial charge is 0.382 e. The van der Waals surface area contributed by atoms with Crippen molar-refractivity contribution in [2.45, 2.75) is 26.7 Å². The molecule has 2 N–H and O–H groups in total. The molecule has 7 nitrogen and oxygen atoms in total. The Labute approximate surface area is 174 Å². The highest BCUT2D eigenvalue weighted by Crippen LogP contribution is 2.25. The van der Waals surface area contributed by atoms with E-state index in [4.69, 9.17) is 5.26 Å². The summed E-state index contributed by atoms with van der Waals surface area (Å²) in [6.07, 6.45) is 0.467. The molecule has 1 heterocycles. The average Bonchev–Trinajstić information content (AvgIpc) is 2.73. The van der Waals surface area contributed by atoms with E-state index in [0.717, 1.165) is 11.1 Å². The Kier molecular flexibility index (Phi) is 6.42. The van der Waals surface area contributed by atoms with Gasteiger partial charge in [0.15, 0.2) is 0 Å². The van der Waals surface area contributed by atoms with Crippen molar-refractivity contribution in [1.82, 2.24) is 5.32 Å². The number of rotatable bonds is 6. The SMILES string of the molecule is Cc1ccc(C)c(N2N=C(C(=O)NCCNc3cccc(F)c3C#N)CCC2=O)c1. The number of hydrogen-bond donors (Lipinski definition) is 2. The molecule has 2 amide bonds. The molecule has 0 unspecified atom stereocenters. The maximum absolute atomic E-state index is 13.6. The highest BCUT2D eigenvalue weighted by molar-refractivity contribution is 6.40. The molecule has 0 aromatic heterocycles. The van der Waals surface area contributed by atoms with Crippen molar-refractivity contribution in [3.05, 3.63) is 58.9 Å². The molecular weight excluding hydrogens is 385 g/mol. The van der Waals surface area contributed by atoms with Crippen LogP contribution in [-0.2, 0) is 9.59 Å². The molecule has 0 aliphatic carbocycles. The predicted octanol–water partition coefficient (Wildman–Crippen LogP) is 3.03. The van der Waals surface area contributed by atoms with Gasteiger partial charge in [0.2, 0.25) is 5.91 Å². The van der Waals surface area contributed by atoms with Crippen molar-refractivity contribution in [3.63, 3.8) is 0 Å². The summed E-state index contributed by atoms with van der Waals surface area (Å²) in [6, 6.07) is 11.9. The van der Waals surface area contributed by atoms with E-state index < -0.39 is 5.82 Å². The summed E-state index contributed by atoms with van der Waals surface area (Å²) in [5, 5.41) is 20.3. The first kappa shape index (κ1) is 21.0. The monoisotopic (exact) mass is 407 g/mol. The fraction of sp³-hybridized carbons (Fsp3) is 0.273. The number of benzene rings is 2. The molecule has 30 heavy (non-hydrogen) atoms. The molecule has 0 radical (unpaired) electrons. The number of anilines is 2. The normalized spacial score (nSPS) is 13.5. The van der Waals surface area contributed by atoms with Gasteiger partial charge in [-0.15, -0.1) is 0 Å². The van der Waals surface area contributed by atoms with Gasteiger partial charge in [0.25, 0.3) is 5.91 Å². The van der Waals surface area contributed by atoms with E-state index in [2.05, 4.69) is 15.7 Å². The number of nitrogens with zero attached hydrogens (tertiary/aromatic N) is 3. The van der Waals surface area contributed by atoms with Gasteiger partial charge in [0, 0.05) is 25.9 Å². The molecule has 0 bridgehead atoms. The number of carbonyl (C=O) groups is 2. The van der Waals surface area contributed by atoms with E-state index in [1.807, 2.05) is 38.1 Å². The van der Waals surface area contributed by atoms with Crippen LogP contribution in [-0.4, -0.2) is 30.6 Å². The third-order valence-corrected chi connectivity index (χ3v) is 4.74. The summed E-state index contributed by atoms with van der Waals surface area (Å²) in [5.41, 5.74) is 3.14. The van der Waals surface area contributed by atoms with E-state index in [-0.39, 0.29) is 42.5 Å². The zero-order chi connectivity index (χ0) is 21.7. The second-order valence-corrected chi connectivity index (χ2v) is 7.00. The third kappa shape index (κ3) is 4.63. The van der Waals surface area contributed by atoms with E-state index in [0.29, 0.717) is 17.9 Å². The summed E-state index contributed by atoms with van der Waals surface area (Å²) in [6.45, 7) is 4.37. The van der Waals surface area contributed by atoms with Crippen LogP contribution in [0.1, 0.15) is 29.5 Å². The van der Waals surface area contributed by atoms with Crippen LogP contribution in [0.4, 0.5) is 15.8 Å². The lowest BCUT2D eigenvalue weighted by molar-refractivity contribution is -0.118. The highest BCUT2D eigenvalue weighted by atomic mass is 19.1. The predicted molar refractivity (Wildman–Crippen MR) is 113 cm³/mol. The van der Waals surface area contributed by atoms with Crippen molar-refractivity contribution in [3.8, 4) is 6.07 Å². The van der Waals surface area contributed by atoms with Crippen LogP contribution in [0, 0.1) is 31.0 Å². The van der Waals surface area contributed by atoms with E-state index in [9.17, 15) is 14.0 Å². The number of carbonyl (C=O) groups excluding carboxylic acids is 2. The molecule has 2 aromatic rings. The lowest BCUT2D eigenvalue weighted by Gasteiger charge is -2.24. The number of nitriles is 1. The molecule has 154 valence electrons. The van der Waals surface area contributed by atoms with Gasteiger partial charge in [0.1, 0.15) is 23.2 Å². The number of hydrazone groups is 1. The van der Waals surface area contributed by atoms with Crippen molar-refractivity contribution >= 4 is 28.9 Å². The molecule has 0 atom stereocenters. The van der Waals surface area contributed by atoms with Crippen molar-refractivity contribution in [1.29, 1.82) is 5.26 Å². The molecule has 0 spiro atoms. The Morgan fingerprint density at radius 3 is 2.80 bits per heavy atom. The van der Waals surface area contributed by atoms with Crippen LogP contribution in [0.3, 0.4) is 0 Å². The van der Waals surface area contributed by atoms with Gasteiger partial charge < -0.3 is 10.6 Å². The third-order valence-electron chi connectivity index (χ3n) is 4.74. The second kappa shape index (κ2) is 9.18. The Bertz CT molecular complexity index is 1060. The summed E-state index contributed by atoms with van der Waals surface area (Å²) in [7, 11) is 0. The summed E-state index contributed by atoms with van der Waals surface area (Å²) >= 11 is 0. The Balaban J connectivity index is 1.63. The zero-order valence-electron chi connectivity index (χ0n) is 16.8. The first-order valence-electron chi connectivity index (χ1n) is 9.59. The lowest BCUT2D eigenvalue weighted by Crippen LogP contribution is -2.40. The Hall–Kier alpha value is -3.73. The Morgan fingerprint density at radius 1 is 1.23 bits per heavy atom. The standard InChI is InChI=1S/C22H22FN5O2/c1-14-6-7-15(2)20(12-14)28-21(29)9-8-19(27-28)22(30)26-11-10-25-18-5-3-4-17(23)16(18)13-24/h3-7,12,25H,8-11H2,1-2H3,(H,26,30). The summed E-state index contributed by atoms with van der Waals surface area (Å²) in [5.74, 6) is -1.12. The molecule has 0 saturated heterocycles. The Morgan fingerprint density at radius 2 is 2.03 bits per heavy atom. The number of aryl methyl sites for hydroxylation is 2. The van der Waals surface area contributed by atoms with Crippen molar-refractivity contribution in [2.75, 3.05) is 23.4 Å².